The van der Waals surface area contributed by atoms with Gasteiger partial charge in [-0.25, -0.2) is 8.42 Å². The van der Waals surface area contributed by atoms with E-state index in [0.717, 1.165) is 12.8 Å². The number of amides is 1. The van der Waals surface area contributed by atoms with Crippen LogP contribution in [-0.4, -0.2) is 42.5 Å². The molecule has 1 aliphatic heterocycles. The van der Waals surface area contributed by atoms with Crippen LogP contribution in [0.25, 0.3) is 10.7 Å². The third-order valence-electron chi connectivity index (χ3n) is 4.90. The van der Waals surface area contributed by atoms with Crippen molar-refractivity contribution < 1.29 is 17.7 Å². The largest absolute Gasteiger partial charge is 0.334 e. The maximum absolute atomic E-state index is 12.9. The number of benzene rings is 1. The monoisotopic (exact) mass is 466 g/mol. The van der Waals surface area contributed by atoms with E-state index in [1.807, 2.05) is 0 Å². The Morgan fingerprint density at radius 1 is 1.27 bits per heavy atom. The summed E-state index contributed by atoms with van der Waals surface area (Å²) in [7, 11) is -3.85. The molecule has 1 fully saturated rings. The van der Waals surface area contributed by atoms with E-state index in [9.17, 15) is 13.2 Å². The zero-order valence-electron chi connectivity index (χ0n) is 16.3. The van der Waals surface area contributed by atoms with Crippen molar-refractivity contribution in [1.29, 1.82) is 0 Å². The Morgan fingerprint density at radius 2 is 2.00 bits per heavy atom. The minimum absolute atomic E-state index is 0.0879. The van der Waals surface area contributed by atoms with E-state index in [2.05, 4.69) is 14.9 Å². The highest BCUT2D eigenvalue weighted by molar-refractivity contribution is 7.93. The first-order chi connectivity index (χ1) is 14.3. The molecule has 2 aromatic heterocycles. The van der Waals surface area contributed by atoms with E-state index in [0.29, 0.717) is 39.1 Å². The maximum Gasteiger partial charge on any atom is 0.316 e. The Labute approximate surface area is 182 Å². The molecule has 1 saturated heterocycles. The van der Waals surface area contributed by atoms with Gasteiger partial charge in [0, 0.05) is 23.0 Å². The van der Waals surface area contributed by atoms with Crippen LogP contribution in [0.2, 0.25) is 5.02 Å². The van der Waals surface area contributed by atoms with E-state index in [1.165, 1.54) is 17.4 Å². The molecular weight excluding hydrogens is 448 g/mol. The Bertz CT molecular complexity index is 1210. The van der Waals surface area contributed by atoms with Gasteiger partial charge in [-0.15, -0.1) is 11.3 Å². The number of carbonyl (C=O) groups is 1. The molecule has 1 aromatic carbocycles. The Balaban J connectivity index is 1.60. The van der Waals surface area contributed by atoms with Crippen LogP contribution in [0.5, 0.6) is 0 Å². The number of carbonyl (C=O) groups excluding carboxylic acids is 1. The maximum atomic E-state index is 12.9. The molecule has 3 aromatic rings. The first kappa shape index (κ1) is 20.8. The number of aromatic nitrogens is 2. The number of thiophene rings is 1. The molecule has 158 valence electrons. The van der Waals surface area contributed by atoms with Gasteiger partial charge in [0.15, 0.2) is 0 Å². The van der Waals surface area contributed by atoms with Crippen LogP contribution < -0.4 is 4.72 Å². The normalized spacial score (nSPS) is 14.3. The van der Waals surface area contributed by atoms with Crippen molar-refractivity contribution in [1.82, 2.24) is 15.0 Å². The van der Waals surface area contributed by atoms with Crippen LogP contribution in [0, 0.1) is 13.8 Å². The average Bonchev–Trinajstić information content (AvgIpc) is 3.44. The lowest BCUT2D eigenvalue weighted by atomic mass is 10.2. The molecular formula is C19H19ClN4O4S2. The molecule has 0 bridgehead atoms. The number of halogens is 1. The van der Waals surface area contributed by atoms with Crippen molar-refractivity contribution in [3.63, 3.8) is 0 Å². The lowest BCUT2D eigenvalue weighted by molar-refractivity contribution is 0.0743. The lowest BCUT2D eigenvalue weighted by Gasteiger charge is -2.11. The third kappa shape index (κ3) is 3.94. The number of nitrogens with zero attached hydrogens (tertiary/aromatic N) is 3. The second-order valence-corrected chi connectivity index (χ2v) is 10.3. The van der Waals surface area contributed by atoms with Crippen molar-refractivity contribution in [3.05, 3.63) is 45.6 Å². The molecule has 1 aliphatic rings. The summed E-state index contributed by atoms with van der Waals surface area (Å²) in [6, 6.07) is 6.51. The fourth-order valence-electron chi connectivity index (χ4n) is 3.23. The topological polar surface area (TPSA) is 105 Å². The fourth-order valence-corrected chi connectivity index (χ4v) is 6.04. The van der Waals surface area contributed by atoms with Crippen LogP contribution in [0.1, 0.15) is 34.0 Å². The summed E-state index contributed by atoms with van der Waals surface area (Å²) in [6.07, 6.45) is 1.91. The molecule has 11 heteroatoms. The predicted molar refractivity (Wildman–Crippen MR) is 114 cm³/mol. The number of anilines is 1. The van der Waals surface area contributed by atoms with Crippen molar-refractivity contribution in [2.75, 3.05) is 17.8 Å². The average molecular weight is 467 g/mol. The minimum Gasteiger partial charge on any atom is -0.334 e. The van der Waals surface area contributed by atoms with Gasteiger partial charge in [-0.2, -0.15) is 4.98 Å². The molecule has 0 radical (unpaired) electrons. The number of hydrogen-bond donors (Lipinski definition) is 1. The zero-order chi connectivity index (χ0) is 21.5. The lowest BCUT2D eigenvalue weighted by Crippen LogP contribution is -2.27. The molecule has 0 saturated carbocycles. The summed E-state index contributed by atoms with van der Waals surface area (Å²) < 4.78 is 33.6. The fraction of sp³-hybridized carbons (Fsp3) is 0.316. The molecule has 0 unspecified atom stereocenters. The van der Waals surface area contributed by atoms with E-state index < -0.39 is 10.0 Å². The third-order valence-corrected chi connectivity index (χ3v) is 7.97. The molecule has 8 nitrogen and oxygen atoms in total. The van der Waals surface area contributed by atoms with Gasteiger partial charge in [-0.05, 0) is 50.5 Å². The summed E-state index contributed by atoms with van der Waals surface area (Å²) >= 11 is 7.30. The Kier molecular flexibility index (Phi) is 5.56. The summed E-state index contributed by atoms with van der Waals surface area (Å²) in [4.78, 5) is 19.4. The van der Waals surface area contributed by atoms with Gasteiger partial charge in [-0.1, -0.05) is 22.8 Å². The highest BCUT2D eigenvalue weighted by atomic mass is 35.5. The van der Waals surface area contributed by atoms with Crippen molar-refractivity contribution in [2.24, 2.45) is 0 Å². The first-order valence-corrected chi connectivity index (χ1v) is 12.0. The Morgan fingerprint density at radius 3 is 2.73 bits per heavy atom. The molecule has 0 aliphatic carbocycles. The SMILES string of the molecule is Cc1sc(-c2noc(C(=O)N3CCCC3)n2)cc1S(=O)(=O)Nc1cccc(Cl)c1C. The number of sulfonamides is 1. The van der Waals surface area contributed by atoms with E-state index in [-0.39, 0.29) is 22.5 Å². The van der Waals surface area contributed by atoms with Crippen molar-refractivity contribution in [3.8, 4) is 10.7 Å². The highest BCUT2D eigenvalue weighted by Gasteiger charge is 2.27. The summed E-state index contributed by atoms with van der Waals surface area (Å²) in [5, 5.41) is 4.34. The van der Waals surface area contributed by atoms with Crippen LogP contribution in [-0.2, 0) is 10.0 Å². The van der Waals surface area contributed by atoms with Gasteiger partial charge in [0.2, 0.25) is 5.82 Å². The van der Waals surface area contributed by atoms with Gasteiger partial charge in [0.25, 0.3) is 10.0 Å². The number of likely N-dealkylation sites (tertiary alicyclic amines) is 1. The second kappa shape index (κ2) is 8.01. The summed E-state index contributed by atoms with van der Waals surface area (Å²) in [5.74, 6) is -0.202. The molecule has 1 N–H and O–H groups in total. The Hall–Kier alpha value is -2.43. The zero-order valence-corrected chi connectivity index (χ0v) is 18.7. The standard InChI is InChI=1S/C19H19ClN4O4S2/c1-11-13(20)6-5-7-14(11)23-30(26,27)16-10-15(29-12(16)2)17-21-18(28-22-17)19(25)24-8-3-4-9-24/h5-7,10,23H,3-4,8-9H2,1-2H3. The van der Waals surface area contributed by atoms with Crippen LogP contribution in [0.4, 0.5) is 5.69 Å². The van der Waals surface area contributed by atoms with Crippen molar-refractivity contribution >= 4 is 44.6 Å². The smallest absolute Gasteiger partial charge is 0.316 e. The van der Waals surface area contributed by atoms with E-state index >= 15 is 0 Å². The molecule has 3 heterocycles. The highest BCUT2D eigenvalue weighted by Crippen LogP contribution is 2.34. The number of aryl methyl sites for hydroxylation is 1. The van der Waals surface area contributed by atoms with Gasteiger partial charge in [0.05, 0.1) is 10.6 Å². The van der Waals surface area contributed by atoms with Gasteiger partial charge in [0.1, 0.15) is 4.90 Å². The van der Waals surface area contributed by atoms with Gasteiger partial charge >= 0.3 is 11.8 Å². The molecule has 30 heavy (non-hydrogen) atoms. The number of hydrogen-bond acceptors (Lipinski definition) is 7. The minimum atomic E-state index is -3.85. The van der Waals surface area contributed by atoms with Gasteiger partial charge in [-0.3, -0.25) is 9.52 Å². The quantitative estimate of drug-likeness (QED) is 0.606. The number of rotatable bonds is 5. The molecule has 0 atom stereocenters. The molecule has 0 spiro atoms. The van der Waals surface area contributed by atoms with Crippen LogP contribution >= 0.6 is 22.9 Å². The van der Waals surface area contributed by atoms with Crippen LogP contribution in [0.3, 0.4) is 0 Å². The van der Waals surface area contributed by atoms with E-state index in [4.69, 9.17) is 16.1 Å². The predicted octanol–water partition coefficient (Wildman–Crippen LogP) is 4.11. The van der Waals surface area contributed by atoms with E-state index in [1.54, 1.807) is 36.9 Å². The number of nitrogens with one attached hydrogen (secondary N) is 1. The van der Waals surface area contributed by atoms with Crippen molar-refractivity contribution in [2.45, 2.75) is 31.6 Å². The summed E-state index contributed by atoms with van der Waals surface area (Å²) in [5.41, 5.74) is 1.05. The summed E-state index contributed by atoms with van der Waals surface area (Å²) in [6.45, 7) is 4.78. The van der Waals surface area contributed by atoms with Gasteiger partial charge < -0.3 is 9.42 Å². The first-order valence-electron chi connectivity index (χ1n) is 9.28. The molecule has 1 amide bonds. The second-order valence-electron chi connectivity index (χ2n) is 6.97. The van der Waals surface area contributed by atoms with Crippen LogP contribution in [0.15, 0.2) is 33.7 Å². The molecule has 4 rings (SSSR count).